The molecule has 1 N–H and O–H groups in total. The molecule has 4 nitrogen and oxygen atoms in total. The highest BCUT2D eigenvalue weighted by Gasteiger charge is 2.23. The summed E-state index contributed by atoms with van der Waals surface area (Å²) >= 11 is 0. The Morgan fingerprint density at radius 1 is 1.12 bits per heavy atom. The van der Waals surface area contributed by atoms with Crippen LogP contribution in [0.2, 0.25) is 0 Å². The standard InChI is InChI=1S/C19H16F2N2O2/c1-11-3-5-13(6-4-11)10-22-19(24)17-12(2)25-23-18(17)15-8-7-14(20)9-16(15)21/h3-9H,10H2,1-2H3,(H,22,24). The quantitative estimate of drug-likeness (QED) is 0.774. The number of nitrogens with one attached hydrogen (secondary N) is 1. The number of hydrogen-bond acceptors (Lipinski definition) is 3. The number of benzene rings is 2. The van der Waals surface area contributed by atoms with Crippen LogP contribution < -0.4 is 5.32 Å². The topological polar surface area (TPSA) is 55.1 Å². The molecule has 25 heavy (non-hydrogen) atoms. The van der Waals surface area contributed by atoms with E-state index < -0.39 is 17.5 Å². The number of aromatic nitrogens is 1. The third kappa shape index (κ3) is 3.57. The molecule has 0 saturated carbocycles. The van der Waals surface area contributed by atoms with E-state index in [0.29, 0.717) is 6.54 Å². The van der Waals surface area contributed by atoms with Crippen molar-refractivity contribution < 1.29 is 18.1 Å². The number of carbonyl (C=O) groups is 1. The van der Waals surface area contributed by atoms with Crippen LogP contribution >= 0.6 is 0 Å². The van der Waals surface area contributed by atoms with Gasteiger partial charge in [0.1, 0.15) is 28.7 Å². The van der Waals surface area contributed by atoms with Crippen LogP contribution in [0.5, 0.6) is 0 Å². The fourth-order valence-corrected chi connectivity index (χ4v) is 2.48. The molecular formula is C19H16F2N2O2. The highest BCUT2D eigenvalue weighted by molar-refractivity contribution is 6.00. The molecule has 0 aliphatic heterocycles. The molecular weight excluding hydrogens is 326 g/mol. The molecule has 2 aromatic carbocycles. The maximum Gasteiger partial charge on any atom is 0.257 e. The van der Waals surface area contributed by atoms with Gasteiger partial charge in [0, 0.05) is 18.2 Å². The number of rotatable bonds is 4. The first kappa shape index (κ1) is 16.8. The predicted molar refractivity (Wildman–Crippen MR) is 88.9 cm³/mol. The Morgan fingerprint density at radius 2 is 1.84 bits per heavy atom. The summed E-state index contributed by atoms with van der Waals surface area (Å²) < 4.78 is 32.2. The molecule has 0 saturated heterocycles. The lowest BCUT2D eigenvalue weighted by atomic mass is 10.0. The van der Waals surface area contributed by atoms with Gasteiger partial charge in [-0.15, -0.1) is 0 Å². The lowest BCUT2D eigenvalue weighted by Crippen LogP contribution is -2.23. The van der Waals surface area contributed by atoms with Gasteiger partial charge in [0.25, 0.3) is 5.91 Å². The molecule has 1 amide bonds. The molecule has 0 radical (unpaired) electrons. The minimum absolute atomic E-state index is 0.0127. The van der Waals surface area contributed by atoms with Crippen molar-refractivity contribution >= 4 is 5.91 Å². The van der Waals surface area contributed by atoms with Gasteiger partial charge in [-0.25, -0.2) is 8.78 Å². The molecule has 1 heterocycles. The van der Waals surface area contributed by atoms with Crippen LogP contribution in [0, 0.1) is 25.5 Å². The highest BCUT2D eigenvalue weighted by atomic mass is 19.1. The summed E-state index contributed by atoms with van der Waals surface area (Å²) in [6.07, 6.45) is 0. The van der Waals surface area contributed by atoms with Gasteiger partial charge in [0.15, 0.2) is 0 Å². The predicted octanol–water partition coefficient (Wildman–Crippen LogP) is 4.17. The van der Waals surface area contributed by atoms with E-state index in [0.717, 1.165) is 23.3 Å². The van der Waals surface area contributed by atoms with E-state index in [1.807, 2.05) is 31.2 Å². The Kier molecular flexibility index (Phi) is 4.61. The van der Waals surface area contributed by atoms with Gasteiger partial charge < -0.3 is 9.84 Å². The van der Waals surface area contributed by atoms with E-state index >= 15 is 0 Å². The maximum absolute atomic E-state index is 14.0. The van der Waals surface area contributed by atoms with Crippen molar-refractivity contribution in [1.29, 1.82) is 0 Å². The number of aryl methyl sites for hydroxylation is 2. The first-order valence-corrected chi connectivity index (χ1v) is 7.71. The van der Waals surface area contributed by atoms with Crippen molar-refractivity contribution in [3.63, 3.8) is 0 Å². The zero-order chi connectivity index (χ0) is 18.0. The summed E-state index contributed by atoms with van der Waals surface area (Å²) in [5, 5.41) is 6.53. The van der Waals surface area contributed by atoms with Crippen LogP contribution in [-0.2, 0) is 6.54 Å². The number of halogens is 2. The Morgan fingerprint density at radius 3 is 2.52 bits per heavy atom. The summed E-state index contributed by atoms with van der Waals surface area (Å²) in [6.45, 7) is 3.86. The molecule has 0 spiro atoms. The Labute approximate surface area is 143 Å². The minimum atomic E-state index is -0.805. The van der Waals surface area contributed by atoms with Gasteiger partial charge >= 0.3 is 0 Å². The summed E-state index contributed by atoms with van der Waals surface area (Å²) in [4.78, 5) is 12.5. The summed E-state index contributed by atoms with van der Waals surface area (Å²) in [7, 11) is 0. The highest BCUT2D eigenvalue weighted by Crippen LogP contribution is 2.28. The summed E-state index contributed by atoms with van der Waals surface area (Å²) in [5.41, 5.74) is 2.26. The molecule has 6 heteroatoms. The average Bonchev–Trinajstić information content (AvgIpc) is 2.95. The molecule has 3 rings (SSSR count). The SMILES string of the molecule is Cc1ccc(CNC(=O)c2c(-c3ccc(F)cc3F)noc2C)cc1. The van der Waals surface area contributed by atoms with Crippen molar-refractivity contribution in [1.82, 2.24) is 10.5 Å². The first-order chi connectivity index (χ1) is 12.0. The Balaban J connectivity index is 1.85. The lowest BCUT2D eigenvalue weighted by Gasteiger charge is -2.07. The van der Waals surface area contributed by atoms with Gasteiger partial charge in [-0.1, -0.05) is 35.0 Å². The van der Waals surface area contributed by atoms with Gasteiger partial charge in [0.2, 0.25) is 0 Å². The molecule has 0 aliphatic carbocycles. The Hall–Kier alpha value is -3.02. The largest absolute Gasteiger partial charge is 0.360 e. The van der Waals surface area contributed by atoms with Crippen LogP contribution in [0.15, 0.2) is 47.0 Å². The second-order valence-electron chi connectivity index (χ2n) is 5.75. The van der Waals surface area contributed by atoms with Crippen molar-refractivity contribution in [3.05, 3.63) is 76.5 Å². The molecule has 3 aromatic rings. The first-order valence-electron chi connectivity index (χ1n) is 7.71. The van der Waals surface area contributed by atoms with E-state index in [2.05, 4.69) is 10.5 Å². The van der Waals surface area contributed by atoms with Crippen molar-refractivity contribution in [2.45, 2.75) is 20.4 Å². The molecule has 0 unspecified atom stereocenters. The van der Waals surface area contributed by atoms with E-state index in [9.17, 15) is 13.6 Å². The minimum Gasteiger partial charge on any atom is -0.360 e. The second-order valence-corrected chi connectivity index (χ2v) is 5.75. The van der Waals surface area contributed by atoms with E-state index in [4.69, 9.17) is 4.52 Å². The second kappa shape index (κ2) is 6.84. The smallest absolute Gasteiger partial charge is 0.257 e. The maximum atomic E-state index is 14.0. The zero-order valence-corrected chi connectivity index (χ0v) is 13.8. The van der Waals surface area contributed by atoms with Gasteiger partial charge in [-0.2, -0.15) is 0 Å². The van der Waals surface area contributed by atoms with Crippen LogP contribution in [0.25, 0.3) is 11.3 Å². The van der Waals surface area contributed by atoms with Gasteiger partial charge in [0.05, 0.1) is 0 Å². The van der Waals surface area contributed by atoms with E-state index in [1.54, 1.807) is 6.92 Å². The molecule has 1 aromatic heterocycles. The summed E-state index contributed by atoms with van der Waals surface area (Å²) in [5.74, 6) is -1.68. The normalized spacial score (nSPS) is 10.7. The number of carbonyl (C=O) groups excluding carboxylic acids is 1. The zero-order valence-electron chi connectivity index (χ0n) is 13.8. The van der Waals surface area contributed by atoms with Crippen LogP contribution in [0.3, 0.4) is 0 Å². The van der Waals surface area contributed by atoms with Crippen LogP contribution in [0.4, 0.5) is 8.78 Å². The monoisotopic (exact) mass is 342 g/mol. The fraction of sp³-hybridized carbons (Fsp3) is 0.158. The van der Waals surface area contributed by atoms with Gasteiger partial charge in [-0.3, -0.25) is 4.79 Å². The van der Waals surface area contributed by atoms with Gasteiger partial charge in [-0.05, 0) is 31.5 Å². The van der Waals surface area contributed by atoms with Crippen LogP contribution in [-0.4, -0.2) is 11.1 Å². The number of nitrogens with zero attached hydrogens (tertiary/aromatic N) is 1. The molecule has 0 fully saturated rings. The van der Waals surface area contributed by atoms with Crippen molar-refractivity contribution in [2.24, 2.45) is 0 Å². The molecule has 0 bridgehead atoms. The van der Waals surface area contributed by atoms with E-state index in [1.165, 1.54) is 6.07 Å². The third-order valence-corrected chi connectivity index (χ3v) is 3.85. The average molecular weight is 342 g/mol. The van der Waals surface area contributed by atoms with Crippen molar-refractivity contribution in [3.8, 4) is 11.3 Å². The number of hydrogen-bond donors (Lipinski definition) is 1. The summed E-state index contributed by atoms with van der Waals surface area (Å²) in [6, 6.07) is 10.8. The molecule has 0 atom stereocenters. The van der Waals surface area contributed by atoms with E-state index in [-0.39, 0.29) is 22.6 Å². The fourth-order valence-electron chi connectivity index (χ4n) is 2.48. The Bertz CT molecular complexity index is 918. The third-order valence-electron chi connectivity index (χ3n) is 3.85. The molecule has 128 valence electrons. The molecule has 0 aliphatic rings. The van der Waals surface area contributed by atoms with Crippen molar-refractivity contribution in [2.75, 3.05) is 0 Å². The lowest BCUT2D eigenvalue weighted by molar-refractivity contribution is 0.0950. The van der Waals surface area contributed by atoms with Crippen LogP contribution in [0.1, 0.15) is 27.2 Å². The number of amides is 1.